The molecule has 0 fully saturated rings. The fourth-order valence-corrected chi connectivity index (χ4v) is 5.21. The predicted molar refractivity (Wildman–Crippen MR) is 123 cm³/mol. The maximum atomic E-state index is 13.7. The van der Waals surface area contributed by atoms with Crippen LogP contribution in [0.2, 0.25) is 0 Å². The van der Waals surface area contributed by atoms with Gasteiger partial charge in [-0.25, -0.2) is 4.79 Å². The van der Waals surface area contributed by atoms with Crippen molar-refractivity contribution in [2.24, 2.45) is 5.73 Å². The first kappa shape index (κ1) is 21.8. The smallest absolute Gasteiger partial charge is 0.341 e. The van der Waals surface area contributed by atoms with Crippen LogP contribution in [0.4, 0.5) is 5.69 Å². The fourth-order valence-electron chi connectivity index (χ4n) is 5.21. The Labute approximate surface area is 196 Å². The van der Waals surface area contributed by atoms with E-state index in [1.807, 2.05) is 24.3 Å². The fraction of sp³-hybridized carbons (Fsp3) is 0.269. The molecule has 174 valence electrons. The first-order chi connectivity index (χ1) is 16.4. The number of carbonyl (C=O) groups is 3. The van der Waals surface area contributed by atoms with Crippen molar-refractivity contribution in [2.45, 2.75) is 31.1 Å². The highest BCUT2D eigenvalue weighted by molar-refractivity contribution is 6.22. The van der Waals surface area contributed by atoms with Crippen molar-refractivity contribution < 1.29 is 28.6 Å². The zero-order chi connectivity index (χ0) is 24.0. The second kappa shape index (κ2) is 8.06. The second-order valence-corrected chi connectivity index (χ2v) is 8.41. The summed E-state index contributed by atoms with van der Waals surface area (Å²) in [7, 11) is 1.59. The molecule has 0 aromatic heterocycles. The van der Waals surface area contributed by atoms with Crippen molar-refractivity contribution in [3.8, 4) is 5.75 Å². The van der Waals surface area contributed by atoms with Gasteiger partial charge in [0.15, 0.2) is 5.78 Å². The third-order valence-electron chi connectivity index (χ3n) is 6.64. The predicted octanol–water partition coefficient (Wildman–Crippen LogP) is 3.05. The van der Waals surface area contributed by atoms with Gasteiger partial charge < -0.3 is 25.3 Å². The first-order valence-electron chi connectivity index (χ1n) is 11.1. The van der Waals surface area contributed by atoms with Crippen molar-refractivity contribution >= 4 is 23.3 Å². The SMILES string of the molecule is CCOC(=O)C1=C(N)OC2=C(C(=O)C[C@@H](c3ccc(OC)cc3)C2)[C@]12C(=O)Nc1ccccc12. The van der Waals surface area contributed by atoms with Crippen molar-refractivity contribution in [2.75, 3.05) is 19.0 Å². The number of para-hydroxylation sites is 1. The number of fused-ring (bicyclic) bond motifs is 3. The second-order valence-electron chi connectivity index (χ2n) is 8.41. The molecule has 1 amide bonds. The maximum absolute atomic E-state index is 13.7. The molecule has 2 aromatic rings. The molecule has 8 nitrogen and oxygen atoms in total. The van der Waals surface area contributed by atoms with E-state index in [0.717, 1.165) is 5.56 Å². The summed E-state index contributed by atoms with van der Waals surface area (Å²) in [5.74, 6) is -0.977. The molecule has 0 unspecified atom stereocenters. The van der Waals surface area contributed by atoms with Gasteiger partial charge in [-0.2, -0.15) is 0 Å². The van der Waals surface area contributed by atoms with Crippen LogP contribution in [0.25, 0.3) is 0 Å². The number of amides is 1. The van der Waals surface area contributed by atoms with E-state index in [-0.39, 0.29) is 41.8 Å². The number of hydrogen-bond donors (Lipinski definition) is 2. The Morgan fingerprint density at radius 1 is 1.15 bits per heavy atom. The number of allylic oxidation sites excluding steroid dienone is 1. The van der Waals surface area contributed by atoms with Gasteiger partial charge in [0, 0.05) is 24.1 Å². The molecule has 0 radical (unpaired) electrons. The summed E-state index contributed by atoms with van der Waals surface area (Å²) in [5.41, 5.74) is 6.48. The highest BCUT2D eigenvalue weighted by atomic mass is 16.5. The van der Waals surface area contributed by atoms with E-state index < -0.39 is 17.3 Å². The lowest BCUT2D eigenvalue weighted by molar-refractivity contribution is -0.141. The highest BCUT2D eigenvalue weighted by Gasteiger charge is 2.62. The Kier molecular flexibility index (Phi) is 5.16. The molecule has 2 aliphatic heterocycles. The molecule has 34 heavy (non-hydrogen) atoms. The summed E-state index contributed by atoms with van der Waals surface area (Å²) < 4.78 is 16.4. The third kappa shape index (κ3) is 3.02. The van der Waals surface area contributed by atoms with Gasteiger partial charge in [0.25, 0.3) is 0 Å². The largest absolute Gasteiger partial charge is 0.497 e. The number of Topliss-reactive ketones (excluding diaryl/α,β-unsaturated/α-hetero) is 1. The van der Waals surface area contributed by atoms with Crippen LogP contribution in [0.15, 0.2) is 71.3 Å². The Bertz CT molecular complexity index is 1280. The van der Waals surface area contributed by atoms with E-state index in [2.05, 4.69) is 5.32 Å². The van der Waals surface area contributed by atoms with E-state index in [1.165, 1.54) is 0 Å². The third-order valence-corrected chi connectivity index (χ3v) is 6.64. The Morgan fingerprint density at radius 2 is 1.88 bits per heavy atom. The van der Waals surface area contributed by atoms with Crippen LogP contribution in [-0.2, 0) is 29.3 Å². The quantitative estimate of drug-likeness (QED) is 0.674. The number of methoxy groups -OCH3 is 1. The topological polar surface area (TPSA) is 117 Å². The summed E-state index contributed by atoms with van der Waals surface area (Å²) in [6, 6.07) is 14.4. The van der Waals surface area contributed by atoms with Gasteiger partial charge in [0.05, 0.1) is 19.3 Å². The minimum absolute atomic E-state index is 0.0777. The zero-order valence-electron chi connectivity index (χ0n) is 18.8. The molecular formula is C26H24N2O6. The Balaban J connectivity index is 1.68. The van der Waals surface area contributed by atoms with Crippen LogP contribution in [0, 0.1) is 0 Å². The van der Waals surface area contributed by atoms with Gasteiger partial charge in [-0.3, -0.25) is 9.59 Å². The Hall–Kier alpha value is -4.07. The molecule has 2 atom stereocenters. The number of hydrogen-bond acceptors (Lipinski definition) is 7. The summed E-state index contributed by atoms with van der Waals surface area (Å²) >= 11 is 0. The summed E-state index contributed by atoms with van der Waals surface area (Å²) in [6.07, 6.45) is 0.503. The minimum Gasteiger partial charge on any atom is -0.497 e. The van der Waals surface area contributed by atoms with Crippen molar-refractivity contribution in [1.29, 1.82) is 0 Å². The van der Waals surface area contributed by atoms with Crippen LogP contribution in [0.3, 0.4) is 0 Å². The molecule has 1 aliphatic carbocycles. The lowest BCUT2D eigenvalue weighted by atomic mass is 9.63. The normalized spacial score (nSPS) is 23.3. The number of rotatable bonds is 4. The molecule has 0 saturated carbocycles. The van der Waals surface area contributed by atoms with Crippen molar-refractivity contribution in [3.05, 3.63) is 82.4 Å². The molecule has 0 saturated heterocycles. The number of nitrogens with one attached hydrogen (secondary N) is 1. The van der Waals surface area contributed by atoms with Gasteiger partial charge in [-0.05, 0) is 36.6 Å². The number of nitrogens with two attached hydrogens (primary N) is 1. The van der Waals surface area contributed by atoms with Gasteiger partial charge in [-0.1, -0.05) is 30.3 Å². The van der Waals surface area contributed by atoms with Gasteiger partial charge >= 0.3 is 5.97 Å². The molecule has 3 aliphatic rings. The Morgan fingerprint density at radius 3 is 2.59 bits per heavy atom. The minimum atomic E-state index is -1.72. The van der Waals surface area contributed by atoms with Gasteiger partial charge in [0.1, 0.15) is 22.5 Å². The number of esters is 1. The van der Waals surface area contributed by atoms with E-state index in [4.69, 9.17) is 19.9 Å². The van der Waals surface area contributed by atoms with Gasteiger partial charge in [-0.15, -0.1) is 0 Å². The van der Waals surface area contributed by atoms with Crippen LogP contribution in [0.5, 0.6) is 5.75 Å². The van der Waals surface area contributed by atoms with E-state index >= 15 is 0 Å². The highest BCUT2D eigenvalue weighted by Crippen LogP contribution is 2.55. The standard InChI is InChI=1S/C26H24N2O6/c1-3-33-24(30)22-23(27)34-20-13-15(14-8-10-16(32-2)11-9-14)12-19(29)21(20)26(22)17-6-4-5-7-18(17)28-25(26)31/h4-11,15H,3,12-13,27H2,1-2H3,(H,28,31)/t15-,26+/m1/s1. The molecule has 2 aromatic carbocycles. The van der Waals surface area contributed by atoms with Crippen molar-refractivity contribution in [1.82, 2.24) is 0 Å². The van der Waals surface area contributed by atoms with Crippen LogP contribution in [-0.4, -0.2) is 31.4 Å². The summed E-state index contributed by atoms with van der Waals surface area (Å²) in [5, 5.41) is 2.82. The monoisotopic (exact) mass is 460 g/mol. The van der Waals surface area contributed by atoms with E-state index in [0.29, 0.717) is 29.2 Å². The molecule has 3 N–H and O–H groups in total. The average Bonchev–Trinajstić information content (AvgIpc) is 3.10. The van der Waals surface area contributed by atoms with Gasteiger partial charge in [0.2, 0.25) is 11.8 Å². The van der Waals surface area contributed by atoms with Crippen LogP contribution >= 0.6 is 0 Å². The lowest BCUT2D eigenvalue weighted by Crippen LogP contribution is -2.49. The zero-order valence-corrected chi connectivity index (χ0v) is 18.8. The lowest BCUT2D eigenvalue weighted by Gasteiger charge is -2.40. The summed E-state index contributed by atoms with van der Waals surface area (Å²) in [4.78, 5) is 40.4. The molecule has 0 bridgehead atoms. The number of ether oxygens (including phenoxy) is 3. The molecule has 2 heterocycles. The van der Waals surface area contributed by atoms with Crippen molar-refractivity contribution in [3.63, 3.8) is 0 Å². The summed E-state index contributed by atoms with van der Waals surface area (Å²) in [6.45, 7) is 1.73. The molecule has 1 spiro atoms. The van der Waals surface area contributed by atoms with E-state index in [9.17, 15) is 14.4 Å². The molecule has 5 rings (SSSR count). The number of benzene rings is 2. The number of ketones is 1. The maximum Gasteiger partial charge on any atom is 0.341 e. The molecular weight excluding hydrogens is 436 g/mol. The number of carbonyl (C=O) groups excluding carboxylic acids is 3. The molecule has 8 heteroatoms. The average molecular weight is 460 g/mol. The van der Waals surface area contributed by atoms with E-state index in [1.54, 1.807) is 38.3 Å². The first-order valence-corrected chi connectivity index (χ1v) is 11.1. The van der Waals surface area contributed by atoms with Crippen LogP contribution in [0.1, 0.15) is 36.8 Å². The number of anilines is 1. The van der Waals surface area contributed by atoms with Crippen LogP contribution < -0.4 is 15.8 Å².